The number of allylic oxidation sites excluding steroid dienone is 2. The Morgan fingerprint density at radius 3 is 2.67 bits per heavy atom. The smallest absolute Gasteiger partial charge is 0.124 e. The van der Waals surface area contributed by atoms with Gasteiger partial charge in [-0.3, -0.25) is 0 Å². The van der Waals surface area contributed by atoms with Crippen molar-refractivity contribution in [2.24, 2.45) is 11.8 Å². The molecule has 1 aliphatic heterocycles. The monoisotopic (exact) mass is 245 g/mol. The lowest BCUT2D eigenvalue weighted by molar-refractivity contribution is -0.0789. The summed E-state index contributed by atoms with van der Waals surface area (Å²) < 4.78 is 5.91. The molecule has 1 heterocycles. The summed E-state index contributed by atoms with van der Waals surface area (Å²) in [6, 6.07) is 2.15. The average Bonchev–Trinajstić information content (AvgIpc) is 2.29. The Balaban J connectivity index is 2.53. The van der Waals surface area contributed by atoms with Crippen molar-refractivity contribution in [3.63, 3.8) is 0 Å². The summed E-state index contributed by atoms with van der Waals surface area (Å²) in [6.45, 7) is 7.86. The fourth-order valence-electron chi connectivity index (χ4n) is 2.68. The molecule has 0 spiro atoms. The zero-order chi connectivity index (χ0) is 13.5. The molecule has 0 radical (unpaired) electrons. The molecule has 1 aliphatic carbocycles. The molecule has 2 unspecified atom stereocenters. The number of ether oxygens (including phenoxy) is 1. The number of nitriles is 1. The minimum Gasteiger partial charge on any atom is -0.509 e. The molecule has 0 saturated carbocycles. The molecule has 0 aromatic heterocycles. The van der Waals surface area contributed by atoms with Gasteiger partial charge in [0.25, 0.3) is 0 Å². The molecule has 96 valence electrons. The highest BCUT2D eigenvalue weighted by molar-refractivity contribution is 5.43. The molecule has 0 amide bonds. The second kappa shape index (κ2) is 4.29. The van der Waals surface area contributed by atoms with Gasteiger partial charge in [0.2, 0.25) is 0 Å². The first kappa shape index (κ1) is 12.9. The molecule has 0 aromatic rings. The van der Waals surface area contributed by atoms with Crippen molar-refractivity contribution < 1.29 is 9.84 Å². The molecule has 18 heavy (non-hydrogen) atoms. The van der Waals surface area contributed by atoms with E-state index in [-0.39, 0.29) is 17.9 Å². The molecule has 0 saturated heterocycles. The molecule has 2 rings (SSSR count). The van der Waals surface area contributed by atoms with Gasteiger partial charge < -0.3 is 9.84 Å². The van der Waals surface area contributed by atoms with Crippen molar-refractivity contribution in [3.8, 4) is 6.07 Å². The van der Waals surface area contributed by atoms with Crippen LogP contribution in [0.5, 0.6) is 0 Å². The van der Waals surface area contributed by atoms with E-state index in [0.29, 0.717) is 11.3 Å². The van der Waals surface area contributed by atoms with Crippen LogP contribution in [0.2, 0.25) is 0 Å². The molecule has 3 heteroatoms. The molecule has 0 bridgehead atoms. The van der Waals surface area contributed by atoms with Crippen molar-refractivity contribution in [1.82, 2.24) is 0 Å². The zero-order valence-electron chi connectivity index (χ0n) is 11.3. The minimum atomic E-state index is -0.664. The second-order valence-corrected chi connectivity index (χ2v) is 5.67. The zero-order valence-corrected chi connectivity index (χ0v) is 11.3. The summed E-state index contributed by atoms with van der Waals surface area (Å²) in [5, 5.41) is 19.4. The van der Waals surface area contributed by atoms with E-state index in [1.54, 1.807) is 6.08 Å². The van der Waals surface area contributed by atoms with E-state index in [2.05, 4.69) is 19.9 Å². The predicted octanol–water partition coefficient (Wildman–Crippen LogP) is 3.27. The van der Waals surface area contributed by atoms with Crippen LogP contribution in [0.1, 0.15) is 27.7 Å². The van der Waals surface area contributed by atoms with E-state index in [4.69, 9.17) is 10.00 Å². The second-order valence-electron chi connectivity index (χ2n) is 5.67. The van der Waals surface area contributed by atoms with Crippen LogP contribution in [0.3, 0.4) is 0 Å². The average molecular weight is 245 g/mol. The summed E-state index contributed by atoms with van der Waals surface area (Å²) in [7, 11) is 0. The van der Waals surface area contributed by atoms with Crippen molar-refractivity contribution in [1.29, 1.82) is 5.26 Å². The van der Waals surface area contributed by atoms with Gasteiger partial charge in [-0.1, -0.05) is 26.0 Å². The van der Waals surface area contributed by atoms with Crippen LogP contribution in [0, 0.1) is 23.2 Å². The first-order valence-electron chi connectivity index (χ1n) is 6.28. The Hall–Kier alpha value is -1.53. The van der Waals surface area contributed by atoms with E-state index in [1.165, 1.54) is 0 Å². The standard InChI is InChI=1S/C15H19NO2/c1-9(2)13-11-7-10(8-16)5-6-12(11)18-15(3,4)14(13)17/h5-7,9,11-12,17H,1-4H3. The number of aliphatic hydroxyl groups is 1. The first-order valence-corrected chi connectivity index (χ1v) is 6.28. The largest absolute Gasteiger partial charge is 0.509 e. The quantitative estimate of drug-likeness (QED) is 0.771. The molecular formula is C15H19NO2. The lowest BCUT2D eigenvalue weighted by Gasteiger charge is -2.42. The number of nitrogens with zero attached hydrogens (tertiary/aromatic N) is 1. The highest BCUT2D eigenvalue weighted by Gasteiger charge is 2.42. The molecule has 2 aliphatic rings. The number of rotatable bonds is 1. The van der Waals surface area contributed by atoms with Crippen molar-refractivity contribution >= 4 is 0 Å². The molecule has 2 atom stereocenters. The van der Waals surface area contributed by atoms with E-state index < -0.39 is 5.60 Å². The van der Waals surface area contributed by atoms with Crippen LogP contribution < -0.4 is 0 Å². The van der Waals surface area contributed by atoms with Crippen LogP contribution in [-0.2, 0) is 4.74 Å². The fraction of sp³-hybridized carbons (Fsp3) is 0.533. The molecular weight excluding hydrogens is 226 g/mol. The summed E-state index contributed by atoms with van der Waals surface area (Å²) in [5.74, 6) is 0.503. The highest BCUT2D eigenvalue weighted by Crippen LogP contribution is 2.42. The normalized spacial score (nSPS) is 29.9. The van der Waals surface area contributed by atoms with E-state index in [0.717, 1.165) is 5.57 Å². The van der Waals surface area contributed by atoms with E-state index in [1.807, 2.05) is 26.0 Å². The van der Waals surface area contributed by atoms with Gasteiger partial charge in [0.1, 0.15) is 11.4 Å². The van der Waals surface area contributed by atoms with Crippen LogP contribution in [-0.4, -0.2) is 16.8 Å². The van der Waals surface area contributed by atoms with Gasteiger partial charge in [0.15, 0.2) is 0 Å². The van der Waals surface area contributed by atoms with Gasteiger partial charge in [-0.15, -0.1) is 0 Å². The fourth-order valence-corrected chi connectivity index (χ4v) is 2.68. The Morgan fingerprint density at radius 2 is 2.11 bits per heavy atom. The third-order valence-corrected chi connectivity index (χ3v) is 3.56. The minimum absolute atomic E-state index is 0.0299. The Bertz CT molecular complexity index is 489. The van der Waals surface area contributed by atoms with E-state index >= 15 is 0 Å². The number of fused-ring (bicyclic) bond motifs is 1. The summed E-state index contributed by atoms with van der Waals surface area (Å²) >= 11 is 0. The predicted molar refractivity (Wildman–Crippen MR) is 69.8 cm³/mol. The van der Waals surface area contributed by atoms with Crippen molar-refractivity contribution in [3.05, 3.63) is 35.1 Å². The van der Waals surface area contributed by atoms with Crippen LogP contribution in [0.4, 0.5) is 0 Å². The third kappa shape index (κ3) is 1.97. The lowest BCUT2D eigenvalue weighted by Crippen LogP contribution is -2.43. The summed E-state index contributed by atoms with van der Waals surface area (Å²) in [4.78, 5) is 0. The summed E-state index contributed by atoms with van der Waals surface area (Å²) in [6.07, 6.45) is 5.51. The SMILES string of the molecule is CC(C)C1=C(O)C(C)(C)OC2C=CC(C#N)=CC12. The number of hydrogen-bond donors (Lipinski definition) is 1. The topological polar surface area (TPSA) is 53.2 Å². The van der Waals surface area contributed by atoms with Gasteiger partial charge in [-0.05, 0) is 31.4 Å². The highest BCUT2D eigenvalue weighted by atomic mass is 16.5. The van der Waals surface area contributed by atoms with Crippen LogP contribution in [0.25, 0.3) is 0 Å². The molecule has 0 fully saturated rings. The van der Waals surface area contributed by atoms with Gasteiger partial charge in [-0.2, -0.15) is 5.26 Å². The number of hydrogen-bond acceptors (Lipinski definition) is 3. The van der Waals surface area contributed by atoms with Crippen molar-refractivity contribution in [2.45, 2.75) is 39.4 Å². The Kier molecular flexibility index (Phi) is 3.08. The molecule has 1 N–H and O–H groups in total. The molecule has 3 nitrogen and oxygen atoms in total. The van der Waals surface area contributed by atoms with E-state index in [9.17, 15) is 5.11 Å². The first-order chi connectivity index (χ1) is 8.36. The lowest BCUT2D eigenvalue weighted by atomic mass is 9.76. The van der Waals surface area contributed by atoms with Gasteiger partial charge in [0.05, 0.1) is 12.2 Å². The maximum Gasteiger partial charge on any atom is 0.124 e. The molecule has 0 aromatic carbocycles. The van der Waals surface area contributed by atoms with Gasteiger partial charge >= 0.3 is 0 Å². The Labute approximate surface area is 108 Å². The third-order valence-electron chi connectivity index (χ3n) is 3.56. The van der Waals surface area contributed by atoms with Gasteiger partial charge in [-0.25, -0.2) is 0 Å². The summed E-state index contributed by atoms with van der Waals surface area (Å²) in [5.41, 5.74) is 0.946. The van der Waals surface area contributed by atoms with Gasteiger partial charge in [0, 0.05) is 11.5 Å². The Morgan fingerprint density at radius 1 is 1.44 bits per heavy atom. The number of aliphatic hydroxyl groups excluding tert-OH is 1. The maximum absolute atomic E-state index is 10.4. The van der Waals surface area contributed by atoms with Crippen molar-refractivity contribution in [2.75, 3.05) is 0 Å². The van der Waals surface area contributed by atoms with Crippen LogP contribution in [0.15, 0.2) is 35.1 Å². The van der Waals surface area contributed by atoms with Crippen LogP contribution >= 0.6 is 0 Å². The maximum atomic E-state index is 10.4.